The largest absolute Gasteiger partial charge is 0.340 e. The third kappa shape index (κ3) is 4.25. The maximum Gasteiger partial charge on any atom is 0.239 e. The first-order valence-electron chi connectivity index (χ1n) is 7.56. The molecule has 5 nitrogen and oxygen atoms in total. The van der Waals surface area contributed by atoms with E-state index in [4.69, 9.17) is 0 Å². The lowest BCUT2D eigenvalue weighted by atomic mass is 10.2. The van der Waals surface area contributed by atoms with Crippen LogP contribution in [-0.4, -0.2) is 71.9 Å². The minimum absolute atomic E-state index is 0.0494. The van der Waals surface area contributed by atoms with E-state index in [0.717, 1.165) is 37.4 Å². The van der Waals surface area contributed by atoms with E-state index in [1.54, 1.807) is 6.20 Å². The highest BCUT2D eigenvalue weighted by molar-refractivity contribution is 5.81. The summed E-state index contributed by atoms with van der Waals surface area (Å²) in [6.45, 7) is 8.62. The molecule has 1 fully saturated rings. The van der Waals surface area contributed by atoms with E-state index in [9.17, 15) is 4.79 Å². The first kappa shape index (κ1) is 15.9. The average molecular weight is 290 g/mol. The first-order chi connectivity index (χ1) is 9.97. The van der Waals surface area contributed by atoms with Crippen molar-refractivity contribution in [1.29, 1.82) is 0 Å². The monoisotopic (exact) mass is 290 g/mol. The third-order valence-electron chi connectivity index (χ3n) is 4.20. The van der Waals surface area contributed by atoms with Crippen LogP contribution in [0.25, 0.3) is 0 Å². The van der Waals surface area contributed by atoms with Crippen LogP contribution in [0.15, 0.2) is 18.3 Å². The number of amides is 1. The van der Waals surface area contributed by atoms with Crippen molar-refractivity contribution in [2.24, 2.45) is 0 Å². The van der Waals surface area contributed by atoms with Crippen molar-refractivity contribution in [2.45, 2.75) is 26.4 Å². The standard InChI is InChI=1S/C16H26N4O/c1-13-11-15(5-6-17-13)12-19(4)16(21)14(2)20-9-7-18(3)8-10-20/h5-6,11,14H,7-10,12H2,1-4H3. The normalized spacial score (nSPS) is 18.5. The van der Waals surface area contributed by atoms with Gasteiger partial charge in [0, 0.05) is 51.7 Å². The Morgan fingerprint density at radius 1 is 1.38 bits per heavy atom. The van der Waals surface area contributed by atoms with Crippen LogP contribution in [0, 0.1) is 6.92 Å². The van der Waals surface area contributed by atoms with Crippen LogP contribution in [0.3, 0.4) is 0 Å². The van der Waals surface area contributed by atoms with E-state index in [1.807, 2.05) is 37.9 Å². The minimum Gasteiger partial charge on any atom is -0.340 e. The second-order valence-electron chi connectivity index (χ2n) is 6.01. The maximum absolute atomic E-state index is 12.6. The summed E-state index contributed by atoms with van der Waals surface area (Å²) in [7, 11) is 4.01. The Bertz CT molecular complexity index is 483. The Kier molecular flexibility index (Phi) is 5.31. The number of piperazine rings is 1. The van der Waals surface area contributed by atoms with Gasteiger partial charge < -0.3 is 9.80 Å². The zero-order valence-electron chi connectivity index (χ0n) is 13.5. The lowest BCUT2D eigenvalue weighted by Gasteiger charge is -2.37. The van der Waals surface area contributed by atoms with Crippen molar-refractivity contribution in [2.75, 3.05) is 40.3 Å². The molecule has 1 unspecified atom stereocenters. The van der Waals surface area contributed by atoms with E-state index in [0.29, 0.717) is 6.54 Å². The lowest BCUT2D eigenvalue weighted by molar-refractivity contribution is -0.136. The molecular formula is C16H26N4O. The molecule has 2 heterocycles. The predicted molar refractivity (Wildman–Crippen MR) is 84.0 cm³/mol. The second kappa shape index (κ2) is 7.00. The van der Waals surface area contributed by atoms with Gasteiger partial charge in [-0.25, -0.2) is 0 Å². The molecule has 0 aromatic carbocycles. The summed E-state index contributed by atoms with van der Waals surface area (Å²) in [5.74, 6) is 0.189. The molecule has 1 aliphatic heterocycles. The van der Waals surface area contributed by atoms with Crippen molar-refractivity contribution in [3.05, 3.63) is 29.6 Å². The smallest absolute Gasteiger partial charge is 0.239 e. The molecule has 1 saturated heterocycles. The number of carbonyl (C=O) groups excluding carboxylic acids is 1. The summed E-state index contributed by atoms with van der Waals surface area (Å²) in [6, 6.07) is 3.95. The van der Waals surface area contributed by atoms with E-state index < -0.39 is 0 Å². The van der Waals surface area contributed by atoms with Crippen LogP contribution < -0.4 is 0 Å². The predicted octanol–water partition coefficient (Wildman–Crippen LogP) is 0.984. The van der Waals surface area contributed by atoms with E-state index in [-0.39, 0.29) is 11.9 Å². The summed E-state index contributed by atoms with van der Waals surface area (Å²) in [6.07, 6.45) is 1.80. The van der Waals surface area contributed by atoms with Gasteiger partial charge in [0.25, 0.3) is 0 Å². The van der Waals surface area contributed by atoms with Crippen LogP contribution in [0.4, 0.5) is 0 Å². The Labute approximate surface area is 127 Å². The molecule has 1 aromatic heterocycles. The molecule has 0 aliphatic carbocycles. The summed E-state index contributed by atoms with van der Waals surface area (Å²) in [5.41, 5.74) is 2.12. The van der Waals surface area contributed by atoms with Crippen LogP contribution >= 0.6 is 0 Å². The average Bonchev–Trinajstić information content (AvgIpc) is 2.46. The molecule has 5 heteroatoms. The number of hydrogen-bond donors (Lipinski definition) is 0. The Balaban J connectivity index is 1.92. The van der Waals surface area contributed by atoms with Gasteiger partial charge in [0.1, 0.15) is 0 Å². The molecule has 0 bridgehead atoms. The summed E-state index contributed by atoms with van der Waals surface area (Å²) in [4.78, 5) is 23.2. The molecule has 1 atom stereocenters. The fourth-order valence-corrected chi connectivity index (χ4v) is 2.74. The Morgan fingerprint density at radius 2 is 2.05 bits per heavy atom. The van der Waals surface area contributed by atoms with Crippen molar-refractivity contribution < 1.29 is 4.79 Å². The number of aryl methyl sites for hydroxylation is 1. The van der Waals surface area contributed by atoms with Crippen molar-refractivity contribution >= 4 is 5.91 Å². The number of hydrogen-bond acceptors (Lipinski definition) is 4. The van der Waals surface area contributed by atoms with Crippen molar-refractivity contribution in [3.8, 4) is 0 Å². The maximum atomic E-state index is 12.6. The highest BCUT2D eigenvalue weighted by Gasteiger charge is 2.26. The van der Waals surface area contributed by atoms with Gasteiger partial charge in [0.2, 0.25) is 5.91 Å². The van der Waals surface area contributed by atoms with Gasteiger partial charge in [-0.05, 0) is 38.6 Å². The number of nitrogens with zero attached hydrogens (tertiary/aromatic N) is 4. The highest BCUT2D eigenvalue weighted by Crippen LogP contribution is 2.10. The molecule has 0 spiro atoms. The lowest BCUT2D eigenvalue weighted by Crippen LogP contribution is -2.53. The second-order valence-corrected chi connectivity index (χ2v) is 6.01. The molecule has 116 valence electrons. The number of pyridine rings is 1. The van der Waals surface area contributed by atoms with Gasteiger partial charge >= 0.3 is 0 Å². The zero-order chi connectivity index (χ0) is 15.4. The molecule has 21 heavy (non-hydrogen) atoms. The molecule has 0 radical (unpaired) electrons. The van der Waals surface area contributed by atoms with Crippen LogP contribution in [0.2, 0.25) is 0 Å². The van der Waals surface area contributed by atoms with Gasteiger partial charge in [0.05, 0.1) is 6.04 Å². The molecular weight excluding hydrogens is 264 g/mol. The molecule has 2 rings (SSSR count). The van der Waals surface area contributed by atoms with Gasteiger partial charge in [-0.15, -0.1) is 0 Å². The minimum atomic E-state index is -0.0494. The highest BCUT2D eigenvalue weighted by atomic mass is 16.2. The summed E-state index contributed by atoms with van der Waals surface area (Å²) < 4.78 is 0. The molecule has 1 aromatic rings. The molecule has 1 aliphatic rings. The van der Waals surface area contributed by atoms with Crippen LogP contribution in [0.5, 0.6) is 0 Å². The van der Waals surface area contributed by atoms with Crippen LogP contribution in [0.1, 0.15) is 18.2 Å². The first-order valence-corrected chi connectivity index (χ1v) is 7.56. The third-order valence-corrected chi connectivity index (χ3v) is 4.20. The van der Waals surface area contributed by atoms with Gasteiger partial charge in [-0.3, -0.25) is 14.7 Å². The fraction of sp³-hybridized carbons (Fsp3) is 0.625. The zero-order valence-corrected chi connectivity index (χ0v) is 13.5. The quantitative estimate of drug-likeness (QED) is 0.829. The van der Waals surface area contributed by atoms with E-state index in [1.165, 1.54) is 0 Å². The number of likely N-dealkylation sites (N-methyl/N-ethyl adjacent to an activating group) is 2. The summed E-state index contributed by atoms with van der Waals surface area (Å²) in [5, 5.41) is 0. The van der Waals surface area contributed by atoms with Gasteiger partial charge in [-0.2, -0.15) is 0 Å². The Morgan fingerprint density at radius 3 is 2.67 bits per heavy atom. The molecule has 0 saturated carbocycles. The number of aromatic nitrogens is 1. The molecule has 1 amide bonds. The molecule has 0 N–H and O–H groups in total. The van der Waals surface area contributed by atoms with E-state index >= 15 is 0 Å². The fourth-order valence-electron chi connectivity index (χ4n) is 2.74. The SMILES string of the molecule is Cc1cc(CN(C)C(=O)C(C)N2CCN(C)CC2)ccn1. The number of carbonyl (C=O) groups is 1. The van der Waals surface area contributed by atoms with Crippen molar-refractivity contribution in [3.63, 3.8) is 0 Å². The van der Waals surface area contributed by atoms with Crippen molar-refractivity contribution in [1.82, 2.24) is 19.7 Å². The van der Waals surface area contributed by atoms with Gasteiger partial charge in [-0.1, -0.05) is 0 Å². The summed E-state index contributed by atoms with van der Waals surface area (Å²) >= 11 is 0. The van der Waals surface area contributed by atoms with E-state index in [2.05, 4.69) is 21.8 Å². The Hall–Kier alpha value is -1.46. The number of rotatable bonds is 4. The topological polar surface area (TPSA) is 39.7 Å². The van der Waals surface area contributed by atoms with Gasteiger partial charge in [0.15, 0.2) is 0 Å². The van der Waals surface area contributed by atoms with Crippen LogP contribution in [-0.2, 0) is 11.3 Å².